The number of hydrogen-bond acceptors (Lipinski definition) is 2. The Labute approximate surface area is 131 Å². The van der Waals surface area contributed by atoms with Gasteiger partial charge in [0.2, 0.25) is 0 Å². The summed E-state index contributed by atoms with van der Waals surface area (Å²) in [6, 6.07) is 1.52. The molecule has 2 nitrogen and oxygen atoms in total. The second-order valence-corrected chi connectivity index (χ2v) is 9.62. The van der Waals surface area contributed by atoms with Crippen molar-refractivity contribution in [2.24, 2.45) is 29.1 Å². The molecule has 2 heteroatoms. The molecule has 0 radical (unpaired) electrons. The van der Waals surface area contributed by atoms with Gasteiger partial charge in [-0.05, 0) is 61.2 Å². The molecule has 2 bridgehead atoms. The molecule has 1 saturated heterocycles. The fourth-order valence-corrected chi connectivity index (χ4v) is 5.61. The average Bonchev–Trinajstić information content (AvgIpc) is 3.08. The van der Waals surface area contributed by atoms with Crippen molar-refractivity contribution < 1.29 is 0 Å². The van der Waals surface area contributed by atoms with Crippen molar-refractivity contribution >= 4 is 0 Å². The van der Waals surface area contributed by atoms with Crippen LogP contribution < -0.4 is 5.32 Å². The predicted molar refractivity (Wildman–Crippen MR) is 88.3 cm³/mol. The fourth-order valence-electron chi connectivity index (χ4n) is 5.61. The monoisotopic (exact) mass is 290 g/mol. The number of rotatable bonds is 3. The lowest BCUT2D eigenvalue weighted by Gasteiger charge is -2.48. The van der Waals surface area contributed by atoms with Crippen molar-refractivity contribution in [1.82, 2.24) is 10.2 Å². The second kappa shape index (κ2) is 5.23. The van der Waals surface area contributed by atoms with E-state index in [2.05, 4.69) is 31.0 Å². The summed E-state index contributed by atoms with van der Waals surface area (Å²) in [6.45, 7) is 11.2. The van der Waals surface area contributed by atoms with Gasteiger partial charge in [-0.15, -0.1) is 0 Å². The summed E-state index contributed by atoms with van der Waals surface area (Å²) >= 11 is 0. The molecule has 0 aromatic rings. The maximum absolute atomic E-state index is 3.88. The zero-order chi connectivity index (χ0) is 14.6. The first-order valence-electron chi connectivity index (χ1n) is 9.48. The zero-order valence-corrected chi connectivity index (χ0v) is 14.3. The Hall–Kier alpha value is -0.0800. The summed E-state index contributed by atoms with van der Waals surface area (Å²) < 4.78 is 0. The van der Waals surface area contributed by atoms with Crippen LogP contribution in [0.3, 0.4) is 0 Å². The van der Waals surface area contributed by atoms with Crippen LogP contribution >= 0.6 is 0 Å². The molecule has 4 aliphatic rings. The Bertz CT molecular complexity index is 382. The van der Waals surface area contributed by atoms with Crippen molar-refractivity contribution in [3.63, 3.8) is 0 Å². The van der Waals surface area contributed by atoms with Gasteiger partial charge in [-0.2, -0.15) is 0 Å². The molecule has 0 amide bonds. The van der Waals surface area contributed by atoms with Crippen LogP contribution in [0.5, 0.6) is 0 Å². The summed E-state index contributed by atoms with van der Waals surface area (Å²) in [7, 11) is 0. The lowest BCUT2D eigenvalue weighted by molar-refractivity contribution is 0.0313. The van der Waals surface area contributed by atoms with E-state index in [1.807, 2.05) is 0 Å². The first-order chi connectivity index (χ1) is 10.0. The van der Waals surface area contributed by atoms with Crippen molar-refractivity contribution in [2.45, 2.75) is 71.4 Å². The van der Waals surface area contributed by atoms with Gasteiger partial charge < -0.3 is 5.32 Å². The molecular weight excluding hydrogens is 256 g/mol. The predicted octanol–water partition coefficient (Wildman–Crippen LogP) is 3.52. The van der Waals surface area contributed by atoms with Gasteiger partial charge in [0.05, 0.1) is 0 Å². The third kappa shape index (κ3) is 2.91. The van der Waals surface area contributed by atoms with E-state index in [1.54, 1.807) is 12.8 Å². The SMILES string of the molecule is CC(C)(C)C1CNC(C2CC2)CN1CC1CC2CCC1C2. The van der Waals surface area contributed by atoms with E-state index in [1.165, 1.54) is 45.3 Å². The molecule has 120 valence electrons. The molecular formula is C19H34N2. The van der Waals surface area contributed by atoms with Crippen LogP contribution in [-0.4, -0.2) is 36.6 Å². The topological polar surface area (TPSA) is 15.3 Å². The second-order valence-electron chi connectivity index (χ2n) is 9.62. The lowest BCUT2D eigenvalue weighted by Crippen LogP contribution is -2.62. The highest BCUT2D eigenvalue weighted by molar-refractivity contribution is 5.00. The minimum Gasteiger partial charge on any atom is -0.311 e. The van der Waals surface area contributed by atoms with Crippen molar-refractivity contribution in [1.29, 1.82) is 0 Å². The zero-order valence-electron chi connectivity index (χ0n) is 14.3. The van der Waals surface area contributed by atoms with Crippen molar-refractivity contribution in [3.8, 4) is 0 Å². The third-order valence-corrected chi connectivity index (χ3v) is 6.99. The molecule has 0 aromatic carbocycles. The third-order valence-electron chi connectivity index (χ3n) is 6.99. The number of nitrogens with zero attached hydrogens (tertiary/aromatic N) is 1. The van der Waals surface area contributed by atoms with E-state index < -0.39 is 0 Å². The average molecular weight is 290 g/mol. The summed E-state index contributed by atoms with van der Waals surface area (Å²) in [6.07, 6.45) is 9.12. The first-order valence-corrected chi connectivity index (χ1v) is 9.48. The summed E-state index contributed by atoms with van der Waals surface area (Å²) in [5.74, 6) is 4.18. The Morgan fingerprint density at radius 3 is 2.33 bits per heavy atom. The Balaban J connectivity index is 1.44. The van der Waals surface area contributed by atoms with Crippen molar-refractivity contribution in [3.05, 3.63) is 0 Å². The minimum absolute atomic E-state index is 0.402. The molecule has 21 heavy (non-hydrogen) atoms. The molecule has 0 aromatic heterocycles. The Kier molecular flexibility index (Phi) is 3.61. The number of piperazine rings is 1. The van der Waals surface area contributed by atoms with Gasteiger partial charge in [0.1, 0.15) is 0 Å². The Morgan fingerprint density at radius 2 is 1.76 bits per heavy atom. The highest BCUT2D eigenvalue weighted by Gasteiger charge is 2.44. The summed E-state index contributed by atoms with van der Waals surface area (Å²) in [4.78, 5) is 2.91. The largest absolute Gasteiger partial charge is 0.311 e. The summed E-state index contributed by atoms with van der Waals surface area (Å²) in [5, 5.41) is 3.88. The van der Waals surface area contributed by atoms with E-state index >= 15 is 0 Å². The van der Waals surface area contributed by atoms with Crippen molar-refractivity contribution in [2.75, 3.05) is 19.6 Å². The Morgan fingerprint density at radius 1 is 1.00 bits per heavy atom. The van der Waals surface area contributed by atoms with Crippen LogP contribution in [-0.2, 0) is 0 Å². The van der Waals surface area contributed by atoms with E-state index in [-0.39, 0.29) is 0 Å². The lowest BCUT2D eigenvalue weighted by atomic mass is 9.81. The molecule has 1 heterocycles. The van der Waals surface area contributed by atoms with Gasteiger partial charge in [0, 0.05) is 31.7 Å². The van der Waals surface area contributed by atoms with E-state index in [0.717, 1.165) is 35.8 Å². The van der Waals surface area contributed by atoms with Gasteiger partial charge in [-0.3, -0.25) is 4.90 Å². The number of hydrogen-bond donors (Lipinski definition) is 1. The van der Waals surface area contributed by atoms with Gasteiger partial charge >= 0.3 is 0 Å². The van der Waals surface area contributed by atoms with Crippen LogP contribution in [0.15, 0.2) is 0 Å². The van der Waals surface area contributed by atoms with E-state index in [0.29, 0.717) is 5.41 Å². The van der Waals surface area contributed by atoms with E-state index in [4.69, 9.17) is 0 Å². The van der Waals surface area contributed by atoms with Crippen LogP contribution in [0.2, 0.25) is 0 Å². The number of nitrogens with one attached hydrogen (secondary N) is 1. The standard InChI is InChI=1S/C19H34N2/c1-19(2,3)18-10-20-17(14-6-7-14)12-21(18)11-16-9-13-4-5-15(16)8-13/h13-18,20H,4-12H2,1-3H3. The first kappa shape index (κ1) is 14.5. The van der Waals surface area contributed by atoms with E-state index in [9.17, 15) is 0 Å². The van der Waals surface area contributed by atoms with Gasteiger partial charge in [0.25, 0.3) is 0 Å². The molecule has 5 unspecified atom stereocenters. The van der Waals surface area contributed by atoms with Crippen LogP contribution in [0.25, 0.3) is 0 Å². The maximum atomic E-state index is 3.88. The molecule has 4 fully saturated rings. The molecule has 4 rings (SSSR count). The molecule has 3 aliphatic carbocycles. The van der Waals surface area contributed by atoms with Gasteiger partial charge in [0.15, 0.2) is 0 Å². The van der Waals surface area contributed by atoms with Gasteiger partial charge in [-0.1, -0.05) is 27.2 Å². The highest BCUT2D eigenvalue weighted by atomic mass is 15.2. The quantitative estimate of drug-likeness (QED) is 0.855. The highest BCUT2D eigenvalue weighted by Crippen LogP contribution is 2.49. The molecule has 1 N–H and O–H groups in total. The molecule has 3 saturated carbocycles. The fraction of sp³-hybridized carbons (Fsp3) is 1.00. The normalized spacial score (nSPS) is 44.4. The maximum Gasteiger partial charge on any atom is 0.0269 e. The smallest absolute Gasteiger partial charge is 0.0269 e. The van der Waals surface area contributed by atoms with Crippen LogP contribution in [0, 0.1) is 29.1 Å². The van der Waals surface area contributed by atoms with Gasteiger partial charge in [-0.25, -0.2) is 0 Å². The molecule has 0 spiro atoms. The number of fused-ring (bicyclic) bond motifs is 2. The summed E-state index contributed by atoms with van der Waals surface area (Å²) in [5.41, 5.74) is 0.402. The minimum atomic E-state index is 0.402. The molecule has 1 aliphatic heterocycles. The van der Waals surface area contributed by atoms with Crippen LogP contribution in [0.4, 0.5) is 0 Å². The van der Waals surface area contributed by atoms with Crippen LogP contribution in [0.1, 0.15) is 59.3 Å². The molecule has 5 atom stereocenters.